The number of hydrogen-bond donors (Lipinski definition) is 1. The van der Waals surface area contributed by atoms with Crippen molar-refractivity contribution >= 4 is 29.2 Å². The summed E-state index contributed by atoms with van der Waals surface area (Å²) in [5, 5.41) is 3.17. The lowest BCUT2D eigenvalue weighted by atomic mass is 10.0. The Bertz CT molecular complexity index is 761. The Kier molecular flexibility index (Phi) is 7.18. The van der Waals surface area contributed by atoms with E-state index in [0.29, 0.717) is 5.69 Å². The van der Waals surface area contributed by atoms with Crippen LogP contribution in [0.5, 0.6) is 0 Å². The molecule has 0 radical (unpaired) electrons. The number of nitrogens with zero attached hydrogens (tertiary/aromatic N) is 1. The van der Waals surface area contributed by atoms with Crippen molar-refractivity contribution in [1.82, 2.24) is 4.90 Å². The summed E-state index contributed by atoms with van der Waals surface area (Å²) >= 11 is 6.04. The molecule has 2 aromatic carbocycles. The third kappa shape index (κ3) is 4.62. The van der Waals surface area contributed by atoms with Crippen LogP contribution in [0, 0.1) is 0 Å². The van der Waals surface area contributed by atoms with Gasteiger partial charge in [0.15, 0.2) is 0 Å². The number of esters is 1. The highest BCUT2D eigenvalue weighted by Gasteiger charge is 2.26. The van der Waals surface area contributed by atoms with Crippen LogP contribution in [0.25, 0.3) is 0 Å². The Hall–Kier alpha value is -2.37. The Morgan fingerprint density at radius 1 is 1.12 bits per heavy atom. The minimum absolute atomic E-state index is 0.168. The minimum Gasteiger partial charge on any atom is -0.465 e. The van der Waals surface area contributed by atoms with E-state index in [9.17, 15) is 9.59 Å². The van der Waals surface area contributed by atoms with Gasteiger partial charge in [0.05, 0.1) is 17.7 Å². The SMILES string of the molecule is CCN(CC)C(C(=O)Nc1ccc(Cl)c(C(=O)OC)c1)c1ccccc1. The molecule has 2 rings (SSSR count). The minimum atomic E-state index is -0.547. The topological polar surface area (TPSA) is 58.6 Å². The third-order valence-corrected chi connectivity index (χ3v) is 4.51. The molecule has 6 heteroatoms. The van der Waals surface area contributed by atoms with Crippen LogP contribution >= 0.6 is 11.6 Å². The smallest absolute Gasteiger partial charge is 0.339 e. The maximum absolute atomic E-state index is 13.0. The van der Waals surface area contributed by atoms with E-state index in [2.05, 4.69) is 10.2 Å². The van der Waals surface area contributed by atoms with Crippen molar-refractivity contribution in [1.29, 1.82) is 0 Å². The molecule has 1 atom stereocenters. The molecule has 0 fully saturated rings. The van der Waals surface area contributed by atoms with E-state index in [4.69, 9.17) is 16.3 Å². The molecule has 1 N–H and O–H groups in total. The molecular weight excluding hydrogens is 352 g/mol. The molecule has 1 amide bonds. The summed E-state index contributed by atoms with van der Waals surface area (Å²) < 4.78 is 4.72. The van der Waals surface area contributed by atoms with Gasteiger partial charge in [-0.15, -0.1) is 0 Å². The van der Waals surface area contributed by atoms with Crippen LogP contribution in [0.15, 0.2) is 48.5 Å². The highest BCUT2D eigenvalue weighted by Crippen LogP contribution is 2.25. The maximum atomic E-state index is 13.0. The molecule has 0 saturated carbocycles. The highest BCUT2D eigenvalue weighted by atomic mass is 35.5. The number of carbonyl (C=O) groups is 2. The molecule has 0 bridgehead atoms. The predicted molar refractivity (Wildman–Crippen MR) is 104 cm³/mol. The van der Waals surface area contributed by atoms with Crippen molar-refractivity contribution in [2.24, 2.45) is 0 Å². The van der Waals surface area contributed by atoms with Gasteiger partial charge in [0.25, 0.3) is 0 Å². The van der Waals surface area contributed by atoms with Gasteiger partial charge in [0, 0.05) is 5.69 Å². The number of rotatable bonds is 7. The fraction of sp³-hybridized carbons (Fsp3) is 0.300. The van der Waals surface area contributed by atoms with E-state index in [1.54, 1.807) is 12.1 Å². The monoisotopic (exact) mass is 374 g/mol. The number of nitrogens with one attached hydrogen (secondary N) is 1. The number of hydrogen-bond acceptors (Lipinski definition) is 4. The summed E-state index contributed by atoms with van der Waals surface area (Å²) in [6, 6.07) is 13.9. The molecule has 0 heterocycles. The van der Waals surface area contributed by atoms with Gasteiger partial charge in [-0.25, -0.2) is 4.79 Å². The van der Waals surface area contributed by atoms with Gasteiger partial charge < -0.3 is 10.1 Å². The third-order valence-electron chi connectivity index (χ3n) is 4.18. The summed E-state index contributed by atoms with van der Waals surface area (Å²) in [5.74, 6) is -0.715. The maximum Gasteiger partial charge on any atom is 0.339 e. The molecule has 0 aromatic heterocycles. The lowest BCUT2D eigenvalue weighted by Gasteiger charge is -2.29. The molecule has 2 aromatic rings. The number of ether oxygens (including phenoxy) is 1. The average Bonchev–Trinajstić information content (AvgIpc) is 2.67. The van der Waals surface area contributed by atoms with Crippen LogP contribution < -0.4 is 5.32 Å². The Labute approximate surface area is 158 Å². The first-order chi connectivity index (χ1) is 12.5. The number of likely N-dealkylation sites (N-methyl/N-ethyl adjacent to an activating group) is 1. The molecule has 0 aliphatic heterocycles. The van der Waals surface area contributed by atoms with Gasteiger partial charge in [-0.05, 0) is 36.9 Å². The van der Waals surface area contributed by atoms with Gasteiger partial charge in [-0.2, -0.15) is 0 Å². The van der Waals surface area contributed by atoms with Crippen LogP contribution in [0.4, 0.5) is 5.69 Å². The Balaban J connectivity index is 2.31. The molecule has 138 valence electrons. The lowest BCUT2D eigenvalue weighted by Crippen LogP contribution is -2.37. The van der Waals surface area contributed by atoms with Gasteiger partial charge in [-0.1, -0.05) is 55.8 Å². The summed E-state index contributed by atoms with van der Waals surface area (Å²) in [6.45, 7) is 5.50. The first-order valence-electron chi connectivity index (χ1n) is 8.49. The fourth-order valence-electron chi connectivity index (χ4n) is 2.83. The van der Waals surface area contributed by atoms with E-state index in [1.165, 1.54) is 13.2 Å². The zero-order chi connectivity index (χ0) is 19.1. The van der Waals surface area contributed by atoms with Gasteiger partial charge in [-0.3, -0.25) is 9.69 Å². The van der Waals surface area contributed by atoms with E-state index in [-0.39, 0.29) is 16.5 Å². The summed E-state index contributed by atoms with van der Waals surface area (Å²) in [4.78, 5) is 26.9. The second-order valence-corrected chi connectivity index (χ2v) is 6.12. The number of benzene rings is 2. The van der Waals surface area contributed by atoms with Crippen molar-refractivity contribution in [3.05, 3.63) is 64.7 Å². The van der Waals surface area contributed by atoms with E-state index in [0.717, 1.165) is 18.7 Å². The number of amides is 1. The first-order valence-corrected chi connectivity index (χ1v) is 8.87. The Morgan fingerprint density at radius 2 is 1.77 bits per heavy atom. The molecule has 0 aliphatic rings. The zero-order valence-electron chi connectivity index (χ0n) is 15.2. The molecule has 0 spiro atoms. The van der Waals surface area contributed by atoms with Gasteiger partial charge >= 0.3 is 5.97 Å². The molecule has 1 unspecified atom stereocenters. The largest absolute Gasteiger partial charge is 0.465 e. The summed E-state index contributed by atoms with van der Waals surface area (Å²) in [7, 11) is 1.29. The van der Waals surface area contributed by atoms with Gasteiger partial charge in [0.2, 0.25) is 5.91 Å². The van der Waals surface area contributed by atoms with Crippen molar-refractivity contribution in [3.63, 3.8) is 0 Å². The van der Waals surface area contributed by atoms with Gasteiger partial charge in [0.1, 0.15) is 6.04 Å². The number of methoxy groups -OCH3 is 1. The van der Waals surface area contributed by atoms with Crippen LogP contribution in [0.3, 0.4) is 0 Å². The van der Waals surface area contributed by atoms with E-state index in [1.807, 2.05) is 44.2 Å². The normalized spacial score (nSPS) is 11.9. The van der Waals surface area contributed by atoms with Crippen molar-refractivity contribution < 1.29 is 14.3 Å². The second kappa shape index (κ2) is 9.36. The van der Waals surface area contributed by atoms with Crippen LogP contribution in [-0.4, -0.2) is 37.0 Å². The summed E-state index contributed by atoms with van der Waals surface area (Å²) in [6.07, 6.45) is 0. The van der Waals surface area contributed by atoms with Crippen LogP contribution in [0.2, 0.25) is 5.02 Å². The number of anilines is 1. The van der Waals surface area contributed by atoms with Crippen LogP contribution in [0.1, 0.15) is 35.8 Å². The molecule has 0 saturated heterocycles. The second-order valence-electron chi connectivity index (χ2n) is 5.71. The highest BCUT2D eigenvalue weighted by molar-refractivity contribution is 6.33. The van der Waals surface area contributed by atoms with Crippen molar-refractivity contribution in [3.8, 4) is 0 Å². The number of halogens is 1. The van der Waals surface area contributed by atoms with E-state index < -0.39 is 12.0 Å². The van der Waals surface area contributed by atoms with Crippen LogP contribution in [-0.2, 0) is 9.53 Å². The molecule has 0 aliphatic carbocycles. The van der Waals surface area contributed by atoms with E-state index >= 15 is 0 Å². The quantitative estimate of drug-likeness (QED) is 0.740. The fourth-order valence-corrected chi connectivity index (χ4v) is 3.03. The standard InChI is InChI=1S/C20H23ClN2O3/c1-4-23(5-2)18(14-9-7-6-8-10-14)19(24)22-15-11-12-17(21)16(13-15)20(25)26-3/h6-13,18H,4-5H2,1-3H3,(H,22,24). The average molecular weight is 375 g/mol. The molecular formula is C20H23ClN2O3. The zero-order valence-corrected chi connectivity index (χ0v) is 15.9. The molecule has 5 nitrogen and oxygen atoms in total. The number of carbonyl (C=O) groups excluding carboxylic acids is 2. The molecule has 26 heavy (non-hydrogen) atoms. The van der Waals surface area contributed by atoms with Crippen molar-refractivity contribution in [2.45, 2.75) is 19.9 Å². The Morgan fingerprint density at radius 3 is 2.35 bits per heavy atom. The summed E-state index contributed by atoms with van der Waals surface area (Å²) in [5.41, 5.74) is 1.62. The predicted octanol–water partition coefficient (Wildman–Crippen LogP) is 4.15. The lowest BCUT2D eigenvalue weighted by molar-refractivity contribution is -0.121. The van der Waals surface area contributed by atoms with Crippen molar-refractivity contribution in [2.75, 3.05) is 25.5 Å². The first kappa shape index (κ1) is 19.9.